The lowest BCUT2D eigenvalue weighted by Crippen LogP contribution is -1.86. The van der Waals surface area contributed by atoms with Gasteiger partial charge in [0.1, 0.15) is 11.6 Å². The lowest BCUT2D eigenvalue weighted by Gasteiger charge is -1.99. The molecule has 100 valence electrons. The standard InChI is InChI=1S/C15H11FN2O2/c1-9-8-10(6-7-13(9)19)15-17-14(18-20-15)11-4-2-3-5-12(11)16/h2-8,19H,1H3. The molecule has 0 spiro atoms. The predicted molar refractivity (Wildman–Crippen MR) is 71.5 cm³/mol. The molecule has 0 radical (unpaired) electrons. The van der Waals surface area contributed by atoms with Gasteiger partial charge in [0.05, 0.1) is 5.56 Å². The predicted octanol–water partition coefficient (Wildman–Crippen LogP) is 3.56. The van der Waals surface area contributed by atoms with Crippen LogP contribution in [-0.4, -0.2) is 15.2 Å². The van der Waals surface area contributed by atoms with Gasteiger partial charge < -0.3 is 9.63 Å². The molecule has 20 heavy (non-hydrogen) atoms. The van der Waals surface area contributed by atoms with E-state index in [0.29, 0.717) is 11.1 Å². The Morgan fingerprint density at radius 2 is 1.95 bits per heavy atom. The van der Waals surface area contributed by atoms with Crippen molar-refractivity contribution >= 4 is 0 Å². The SMILES string of the molecule is Cc1cc(-c2nc(-c3ccccc3F)no2)ccc1O. The second-order valence-corrected chi connectivity index (χ2v) is 4.40. The quantitative estimate of drug-likeness (QED) is 0.773. The van der Waals surface area contributed by atoms with Gasteiger partial charge in [-0.3, -0.25) is 0 Å². The average molecular weight is 270 g/mol. The van der Waals surface area contributed by atoms with Gasteiger partial charge in [0.25, 0.3) is 5.89 Å². The van der Waals surface area contributed by atoms with E-state index in [1.807, 2.05) is 0 Å². The summed E-state index contributed by atoms with van der Waals surface area (Å²) < 4.78 is 18.8. The van der Waals surface area contributed by atoms with E-state index < -0.39 is 5.82 Å². The number of nitrogens with zero attached hydrogens (tertiary/aromatic N) is 2. The number of aromatic nitrogens is 2. The molecule has 4 nitrogen and oxygen atoms in total. The summed E-state index contributed by atoms with van der Waals surface area (Å²) in [5.74, 6) is 0.277. The van der Waals surface area contributed by atoms with Crippen molar-refractivity contribution in [2.75, 3.05) is 0 Å². The number of halogens is 1. The third-order valence-electron chi connectivity index (χ3n) is 2.98. The molecule has 0 aliphatic rings. The van der Waals surface area contributed by atoms with Gasteiger partial charge in [-0.25, -0.2) is 4.39 Å². The molecular formula is C15H11FN2O2. The van der Waals surface area contributed by atoms with Gasteiger partial charge in [0.15, 0.2) is 0 Å². The molecule has 0 aliphatic heterocycles. The van der Waals surface area contributed by atoms with Crippen molar-refractivity contribution in [1.82, 2.24) is 10.1 Å². The highest BCUT2D eigenvalue weighted by Crippen LogP contribution is 2.26. The largest absolute Gasteiger partial charge is 0.508 e. The van der Waals surface area contributed by atoms with Crippen molar-refractivity contribution in [3.8, 4) is 28.6 Å². The first-order valence-electron chi connectivity index (χ1n) is 6.04. The van der Waals surface area contributed by atoms with Crippen LogP contribution in [0.1, 0.15) is 5.56 Å². The molecule has 0 fully saturated rings. The Balaban J connectivity index is 2.02. The molecule has 0 bridgehead atoms. The van der Waals surface area contributed by atoms with Gasteiger partial charge in [-0.1, -0.05) is 17.3 Å². The van der Waals surface area contributed by atoms with Crippen molar-refractivity contribution in [2.45, 2.75) is 6.92 Å². The van der Waals surface area contributed by atoms with Crippen LogP contribution in [0.5, 0.6) is 5.75 Å². The van der Waals surface area contributed by atoms with Crippen LogP contribution in [0.4, 0.5) is 4.39 Å². The second kappa shape index (κ2) is 4.77. The lowest BCUT2D eigenvalue weighted by atomic mass is 10.1. The number of hydrogen-bond acceptors (Lipinski definition) is 4. The molecule has 0 atom stereocenters. The number of phenolic OH excluding ortho intramolecular Hbond substituents is 1. The Labute approximate surface area is 114 Å². The average Bonchev–Trinajstić information content (AvgIpc) is 2.92. The van der Waals surface area contributed by atoms with Crippen molar-refractivity contribution in [2.24, 2.45) is 0 Å². The molecule has 5 heteroatoms. The van der Waals surface area contributed by atoms with E-state index in [2.05, 4.69) is 10.1 Å². The zero-order valence-corrected chi connectivity index (χ0v) is 10.7. The summed E-state index contributed by atoms with van der Waals surface area (Å²) >= 11 is 0. The van der Waals surface area contributed by atoms with Crippen LogP contribution in [0, 0.1) is 12.7 Å². The van der Waals surface area contributed by atoms with E-state index in [-0.39, 0.29) is 23.0 Å². The molecule has 0 amide bonds. The summed E-state index contributed by atoms with van der Waals surface area (Å²) in [5.41, 5.74) is 1.67. The minimum atomic E-state index is -0.401. The number of phenols is 1. The maximum absolute atomic E-state index is 13.6. The van der Waals surface area contributed by atoms with Gasteiger partial charge in [-0.2, -0.15) is 4.98 Å². The fourth-order valence-electron chi connectivity index (χ4n) is 1.88. The minimum Gasteiger partial charge on any atom is -0.508 e. The van der Waals surface area contributed by atoms with Crippen LogP contribution in [0.15, 0.2) is 47.0 Å². The Hall–Kier alpha value is -2.69. The number of aromatic hydroxyl groups is 1. The molecule has 0 saturated carbocycles. The summed E-state index contributed by atoms with van der Waals surface area (Å²) in [5, 5.41) is 13.3. The lowest BCUT2D eigenvalue weighted by molar-refractivity contribution is 0.431. The Morgan fingerprint density at radius 3 is 2.70 bits per heavy atom. The molecule has 2 aromatic carbocycles. The second-order valence-electron chi connectivity index (χ2n) is 4.40. The summed E-state index contributed by atoms with van der Waals surface area (Å²) in [6, 6.07) is 11.2. The summed E-state index contributed by atoms with van der Waals surface area (Å²) in [7, 11) is 0. The number of hydrogen-bond donors (Lipinski definition) is 1. The van der Waals surface area contributed by atoms with Gasteiger partial charge in [0.2, 0.25) is 5.82 Å². The smallest absolute Gasteiger partial charge is 0.258 e. The first-order chi connectivity index (χ1) is 9.65. The Kier molecular flexibility index (Phi) is 2.95. The highest BCUT2D eigenvalue weighted by Gasteiger charge is 2.14. The third-order valence-corrected chi connectivity index (χ3v) is 2.98. The topological polar surface area (TPSA) is 59.2 Å². The number of aryl methyl sites for hydroxylation is 1. The van der Waals surface area contributed by atoms with E-state index in [4.69, 9.17) is 4.52 Å². The zero-order chi connectivity index (χ0) is 14.1. The van der Waals surface area contributed by atoms with Crippen LogP contribution in [-0.2, 0) is 0 Å². The molecule has 1 heterocycles. The fourth-order valence-corrected chi connectivity index (χ4v) is 1.88. The minimum absolute atomic E-state index is 0.197. The summed E-state index contributed by atoms with van der Waals surface area (Å²) in [4.78, 5) is 4.18. The van der Waals surface area contributed by atoms with Crippen molar-refractivity contribution in [1.29, 1.82) is 0 Å². The van der Waals surface area contributed by atoms with Crippen LogP contribution in [0.3, 0.4) is 0 Å². The molecule has 0 unspecified atom stereocenters. The fraction of sp³-hybridized carbons (Fsp3) is 0.0667. The highest BCUT2D eigenvalue weighted by molar-refractivity contribution is 5.61. The normalized spacial score (nSPS) is 10.7. The zero-order valence-electron chi connectivity index (χ0n) is 10.7. The Bertz CT molecular complexity index is 768. The first kappa shape index (κ1) is 12.3. The molecule has 3 rings (SSSR count). The molecule has 0 aliphatic carbocycles. The van der Waals surface area contributed by atoms with E-state index in [1.54, 1.807) is 43.3 Å². The van der Waals surface area contributed by atoms with Gasteiger partial charge >= 0.3 is 0 Å². The van der Waals surface area contributed by atoms with Crippen LogP contribution >= 0.6 is 0 Å². The maximum Gasteiger partial charge on any atom is 0.258 e. The molecule has 1 aromatic heterocycles. The molecule has 0 saturated heterocycles. The van der Waals surface area contributed by atoms with Crippen molar-refractivity contribution in [3.05, 3.63) is 53.8 Å². The van der Waals surface area contributed by atoms with Gasteiger partial charge in [0, 0.05) is 5.56 Å². The van der Waals surface area contributed by atoms with Crippen LogP contribution in [0.2, 0.25) is 0 Å². The summed E-state index contributed by atoms with van der Waals surface area (Å²) in [6.45, 7) is 1.77. The monoisotopic (exact) mass is 270 g/mol. The summed E-state index contributed by atoms with van der Waals surface area (Å²) in [6.07, 6.45) is 0. The number of rotatable bonds is 2. The third kappa shape index (κ3) is 2.14. The van der Waals surface area contributed by atoms with E-state index >= 15 is 0 Å². The number of benzene rings is 2. The van der Waals surface area contributed by atoms with Gasteiger partial charge in [-0.15, -0.1) is 0 Å². The first-order valence-corrected chi connectivity index (χ1v) is 6.04. The highest BCUT2D eigenvalue weighted by atomic mass is 19.1. The molecular weight excluding hydrogens is 259 g/mol. The van der Waals surface area contributed by atoms with E-state index in [0.717, 1.165) is 0 Å². The molecule has 1 N–H and O–H groups in total. The van der Waals surface area contributed by atoms with Crippen LogP contribution < -0.4 is 0 Å². The van der Waals surface area contributed by atoms with E-state index in [9.17, 15) is 9.50 Å². The Morgan fingerprint density at radius 1 is 1.15 bits per heavy atom. The van der Waals surface area contributed by atoms with Gasteiger partial charge in [-0.05, 0) is 42.8 Å². The van der Waals surface area contributed by atoms with Crippen molar-refractivity contribution in [3.63, 3.8) is 0 Å². The van der Waals surface area contributed by atoms with Crippen LogP contribution in [0.25, 0.3) is 22.8 Å². The van der Waals surface area contributed by atoms with Crippen molar-refractivity contribution < 1.29 is 14.0 Å². The molecule has 3 aromatic rings. The maximum atomic E-state index is 13.6. The van der Waals surface area contributed by atoms with E-state index in [1.165, 1.54) is 6.07 Å².